The molecule has 13 nitrogen and oxygen atoms in total. The number of nitrogens with two attached hydrogens (primary N) is 1. The molecule has 1 aliphatic carbocycles. The second-order valence-corrected chi connectivity index (χ2v) is 15.1. The van der Waals surface area contributed by atoms with Crippen molar-refractivity contribution in [3.8, 4) is 11.5 Å². The zero-order valence-corrected chi connectivity index (χ0v) is 33.6. The van der Waals surface area contributed by atoms with Crippen LogP contribution in [0.25, 0.3) is 11.1 Å². The van der Waals surface area contributed by atoms with E-state index in [0.717, 1.165) is 41.5 Å². The summed E-state index contributed by atoms with van der Waals surface area (Å²) in [6.07, 6.45) is 12.5. The fraction of sp³-hybridized carbons (Fsp3) is 0.326. The van der Waals surface area contributed by atoms with Crippen LogP contribution in [0.2, 0.25) is 0 Å². The number of aliphatic imine (C=N–C) groups is 2. The Kier molecular flexibility index (Phi) is 11.2. The molecule has 0 saturated heterocycles. The lowest BCUT2D eigenvalue weighted by molar-refractivity contribution is -0.126. The summed E-state index contributed by atoms with van der Waals surface area (Å²) in [6.45, 7) is 2.88. The van der Waals surface area contributed by atoms with Crippen LogP contribution < -0.4 is 15.2 Å². The largest absolute Gasteiger partial charge is 0.495 e. The lowest BCUT2D eigenvalue weighted by Gasteiger charge is -2.32. The van der Waals surface area contributed by atoms with Crippen molar-refractivity contribution < 1.29 is 38.1 Å². The van der Waals surface area contributed by atoms with Crippen molar-refractivity contribution in [1.82, 2.24) is 9.80 Å². The number of hydrogen-bond donors (Lipinski definition) is 1. The van der Waals surface area contributed by atoms with E-state index in [0.29, 0.717) is 77.1 Å². The van der Waals surface area contributed by atoms with Crippen molar-refractivity contribution in [2.45, 2.75) is 57.2 Å². The van der Waals surface area contributed by atoms with Crippen LogP contribution in [0.3, 0.4) is 0 Å². The Morgan fingerprint density at radius 3 is 2.05 bits per heavy atom. The Morgan fingerprint density at radius 1 is 0.780 bits per heavy atom. The summed E-state index contributed by atoms with van der Waals surface area (Å²) in [6, 6.07) is 17.9. The van der Waals surface area contributed by atoms with Crippen molar-refractivity contribution in [2.24, 2.45) is 15.9 Å². The number of rotatable bonds is 13. The number of methoxy groups -OCH3 is 3. The van der Waals surface area contributed by atoms with Crippen LogP contribution in [0.1, 0.15) is 70.9 Å². The second-order valence-electron chi connectivity index (χ2n) is 15.1. The first-order chi connectivity index (χ1) is 28.7. The predicted octanol–water partition coefficient (Wildman–Crippen LogP) is 7.13. The molecule has 5 aliphatic rings. The minimum Gasteiger partial charge on any atom is -0.495 e. The van der Waals surface area contributed by atoms with E-state index >= 15 is 0 Å². The van der Waals surface area contributed by atoms with Gasteiger partial charge in [-0.2, -0.15) is 0 Å². The number of anilines is 1. The normalized spacial score (nSPS) is 21.7. The average molecular weight is 798 g/mol. The molecule has 2 N–H and O–H groups in total. The third-order valence-electron chi connectivity index (χ3n) is 11.4. The summed E-state index contributed by atoms with van der Waals surface area (Å²) in [5.41, 5.74) is 13.2. The molecule has 0 aromatic heterocycles. The number of nitrogens with zero attached hydrogens (tertiary/aromatic N) is 4. The first-order valence-electron chi connectivity index (χ1n) is 19.8. The Hall–Kier alpha value is -6.47. The number of carbonyl (C=O) groups excluding carboxylic acids is 3. The summed E-state index contributed by atoms with van der Waals surface area (Å²) in [5, 5.41) is 0. The first kappa shape index (κ1) is 39.4. The van der Waals surface area contributed by atoms with Crippen LogP contribution in [0.4, 0.5) is 11.4 Å². The SMILES string of the molecule is COC(=O)c1ccc(C2=CN3C(=O)c4cc(OC)c(OCCCCCOC5=CC6=C(C(=O)N7C=C(c8ccc(N)cc8)CC7C=N6)C(C)C5OC)cc4N=C[C@@H]3C2)cc1. The van der Waals surface area contributed by atoms with Crippen LogP contribution in [0.15, 0.2) is 106 Å². The van der Waals surface area contributed by atoms with E-state index in [1.165, 1.54) is 7.11 Å². The fourth-order valence-corrected chi connectivity index (χ4v) is 8.21. The molecule has 4 aliphatic heterocycles. The molecule has 3 unspecified atom stereocenters. The number of hydrogen-bond acceptors (Lipinski definition) is 11. The molecule has 0 bridgehead atoms. The number of amides is 2. The van der Waals surface area contributed by atoms with E-state index in [4.69, 9.17) is 39.4 Å². The second kappa shape index (κ2) is 16.8. The highest BCUT2D eigenvalue weighted by molar-refractivity contribution is 6.05. The maximum atomic E-state index is 13.9. The zero-order chi connectivity index (χ0) is 41.2. The number of benzene rings is 3. The molecular weight excluding hydrogens is 751 g/mol. The molecule has 0 spiro atoms. The topological polar surface area (TPSA) is 155 Å². The molecular formula is C46H47N5O8. The molecule has 13 heteroatoms. The van der Waals surface area contributed by atoms with Gasteiger partial charge in [0, 0.05) is 74.1 Å². The molecule has 8 rings (SSSR count). The molecule has 0 radical (unpaired) electrons. The third-order valence-corrected chi connectivity index (χ3v) is 11.4. The third kappa shape index (κ3) is 7.77. The Balaban J connectivity index is 0.851. The summed E-state index contributed by atoms with van der Waals surface area (Å²) < 4.78 is 28.8. The number of fused-ring (bicyclic) bond motifs is 3. The molecule has 4 heterocycles. The van der Waals surface area contributed by atoms with Gasteiger partial charge in [-0.1, -0.05) is 31.2 Å². The number of esters is 1. The van der Waals surface area contributed by atoms with E-state index in [-0.39, 0.29) is 29.8 Å². The van der Waals surface area contributed by atoms with Gasteiger partial charge in [0.15, 0.2) is 11.5 Å². The highest BCUT2D eigenvalue weighted by Gasteiger charge is 2.41. The van der Waals surface area contributed by atoms with Gasteiger partial charge >= 0.3 is 5.97 Å². The predicted molar refractivity (Wildman–Crippen MR) is 224 cm³/mol. The van der Waals surface area contributed by atoms with Gasteiger partial charge in [-0.25, -0.2) is 4.79 Å². The van der Waals surface area contributed by atoms with E-state index in [2.05, 4.69) is 0 Å². The Bertz CT molecular complexity index is 2340. The van der Waals surface area contributed by atoms with Gasteiger partial charge in [0.25, 0.3) is 11.8 Å². The number of unbranched alkanes of at least 4 members (excludes halogenated alkanes) is 2. The quantitative estimate of drug-likeness (QED) is 0.108. The van der Waals surface area contributed by atoms with Crippen LogP contribution in [-0.4, -0.2) is 92.7 Å². The smallest absolute Gasteiger partial charge is 0.337 e. The molecule has 4 atom stereocenters. The fourth-order valence-electron chi connectivity index (χ4n) is 8.21. The van der Waals surface area contributed by atoms with Crippen molar-refractivity contribution in [1.29, 1.82) is 0 Å². The lowest BCUT2D eigenvalue weighted by atomic mass is 9.86. The minimum absolute atomic E-state index is 0.0732. The van der Waals surface area contributed by atoms with Crippen LogP contribution in [0, 0.1) is 5.92 Å². The van der Waals surface area contributed by atoms with Crippen LogP contribution in [0.5, 0.6) is 11.5 Å². The van der Waals surface area contributed by atoms with E-state index < -0.39 is 12.1 Å². The van der Waals surface area contributed by atoms with Gasteiger partial charge in [-0.15, -0.1) is 0 Å². The summed E-state index contributed by atoms with van der Waals surface area (Å²) in [4.78, 5) is 52.6. The highest BCUT2D eigenvalue weighted by atomic mass is 16.5. The van der Waals surface area contributed by atoms with Gasteiger partial charge < -0.3 is 39.2 Å². The number of allylic oxidation sites excluding steroid dienone is 1. The molecule has 3 aromatic rings. The average Bonchev–Trinajstić information content (AvgIpc) is 3.83. The minimum atomic E-state index is -0.424. The van der Waals surface area contributed by atoms with Crippen LogP contribution in [-0.2, 0) is 19.0 Å². The van der Waals surface area contributed by atoms with Gasteiger partial charge in [0.05, 0.1) is 62.0 Å². The van der Waals surface area contributed by atoms with Gasteiger partial charge in [-0.3, -0.25) is 19.6 Å². The van der Waals surface area contributed by atoms with Crippen molar-refractivity contribution >= 4 is 52.7 Å². The summed E-state index contributed by atoms with van der Waals surface area (Å²) in [5.74, 6) is 0.706. The summed E-state index contributed by atoms with van der Waals surface area (Å²) >= 11 is 0. The van der Waals surface area contributed by atoms with Gasteiger partial charge in [-0.05, 0) is 71.9 Å². The van der Waals surface area contributed by atoms with Crippen molar-refractivity contribution in [3.63, 3.8) is 0 Å². The zero-order valence-electron chi connectivity index (χ0n) is 33.6. The van der Waals surface area contributed by atoms with Crippen molar-refractivity contribution in [2.75, 3.05) is 40.3 Å². The Labute approximate surface area is 343 Å². The maximum Gasteiger partial charge on any atom is 0.337 e. The number of ether oxygens (including phenoxy) is 5. The summed E-state index contributed by atoms with van der Waals surface area (Å²) in [7, 11) is 4.53. The monoisotopic (exact) mass is 797 g/mol. The van der Waals surface area contributed by atoms with E-state index in [9.17, 15) is 14.4 Å². The molecule has 304 valence electrons. The highest BCUT2D eigenvalue weighted by Crippen LogP contribution is 2.41. The maximum absolute atomic E-state index is 13.9. The van der Waals surface area contributed by atoms with Gasteiger partial charge in [0.2, 0.25) is 0 Å². The lowest BCUT2D eigenvalue weighted by Crippen LogP contribution is -2.39. The molecule has 0 fully saturated rings. The molecule has 0 saturated carbocycles. The van der Waals surface area contributed by atoms with Crippen LogP contribution >= 0.6 is 0 Å². The van der Waals surface area contributed by atoms with E-state index in [1.54, 1.807) is 54.5 Å². The molecule has 3 aromatic carbocycles. The molecule has 59 heavy (non-hydrogen) atoms. The molecule has 2 amide bonds. The number of carbonyl (C=O) groups is 3. The Morgan fingerprint density at radius 2 is 1.41 bits per heavy atom. The van der Waals surface area contributed by atoms with Crippen molar-refractivity contribution in [3.05, 3.63) is 118 Å². The van der Waals surface area contributed by atoms with Gasteiger partial charge in [0.1, 0.15) is 11.9 Å². The van der Waals surface area contributed by atoms with E-state index in [1.807, 2.05) is 68.0 Å². The number of nitrogen functional groups attached to an aromatic ring is 1. The first-order valence-corrected chi connectivity index (χ1v) is 19.8. The standard InChI is InChI=1S/C46H47N5O8/c1-27-42-38(49-24-35-19-32(26-51(35)45(42)53)29-12-14-33(47)15-13-29)22-41(43(27)56-3)59-17-7-5-6-16-58-40-21-37-36(20-39(40)55-2)44(52)50-25-31(18-34(50)23-48-37)28-8-10-30(11-9-28)46(54)57-4/h8-15,20-27,34-35,43H,5-7,16-19,47H2,1-4H3/t27?,34-,35?,43?/m0/s1.